The smallest absolute Gasteiger partial charge is 0.320 e. The normalized spacial score (nSPS) is 11.0. The Morgan fingerprint density at radius 3 is 2.52 bits per heavy atom. The number of esters is 1. The van der Waals surface area contributed by atoms with E-state index in [1.807, 2.05) is 0 Å². The van der Waals surface area contributed by atoms with Crippen LogP contribution in [-0.2, 0) is 27.4 Å². The molecule has 1 amide bonds. The number of amides is 1. The van der Waals surface area contributed by atoms with Crippen LogP contribution in [0.1, 0.15) is 24.9 Å². The Morgan fingerprint density at radius 2 is 1.85 bits per heavy atom. The molecule has 1 N–H and O–H groups in total. The maximum absolute atomic E-state index is 13.3. The van der Waals surface area contributed by atoms with Gasteiger partial charge >= 0.3 is 12.5 Å². The van der Waals surface area contributed by atoms with Gasteiger partial charge in [0.1, 0.15) is 6.61 Å². The minimum absolute atomic E-state index is 0.0134. The molecule has 0 atom stereocenters. The molecule has 0 unspecified atom stereocenters. The molecule has 0 radical (unpaired) electrons. The van der Waals surface area contributed by atoms with E-state index in [1.165, 1.54) is 13.0 Å². The van der Waals surface area contributed by atoms with Crippen LogP contribution < -0.4 is 5.32 Å². The van der Waals surface area contributed by atoms with Gasteiger partial charge in [0, 0.05) is 12.6 Å². The van der Waals surface area contributed by atoms with Crippen LogP contribution in [0.25, 0.3) is 11.0 Å². The molecule has 1 aromatic heterocycles. The highest BCUT2D eigenvalue weighted by Crippen LogP contribution is 2.23. The highest BCUT2D eigenvalue weighted by molar-refractivity contribution is 5.88. The third kappa shape index (κ3) is 4.46. The van der Waals surface area contributed by atoms with E-state index in [-0.39, 0.29) is 30.3 Å². The molecule has 140 valence electrons. The lowest BCUT2D eigenvalue weighted by atomic mass is 10.1. The summed E-state index contributed by atoms with van der Waals surface area (Å²) < 4.78 is 32.6. The highest BCUT2D eigenvalue weighted by Gasteiger charge is 2.18. The van der Waals surface area contributed by atoms with Gasteiger partial charge in [-0.15, -0.1) is 0 Å². The second-order valence-electron chi connectivity index (χ2n) is 5.88. The Bertz CT molecular complexity index is 968. The molecule has 0 fully saturated rings. The minimum Gasteiger partial charge on any atom is -0.457 e. The van der Waals surface area contributed by atoms with E-state index in [2.05, 4.69) is 10.3 Å². The van der Waals surface area contributed by atoms with Crippen molar-refractivity contribution in [3.8, 4) is 0 Å². The van der Waals surface area contributed by atoms with Gasteiger partial charge in [-0.05, 0) is 29.8 Å². The third-order valence-electron chi connectivity index (χ3n) is 3.85. The number of aromatic nitrogens is 2. The van der Waals surface area contributed by atoms with Gasteiger partial charge in [-0.1, -0.05) is 24.3 Å². The fourth-order valence-corrected chi connectivity index (χ4v) is 2.69. The monoisotopic (exact) mass is 373 g/mol. The average molecular weight is 373 g/mol. The lowest BCUT2D eigenvalue weighted by Crippen LogP contribution is -2.12. The third-order valence-corrected chi connectivity index (χ3v) is 3.85. The quantitative estimate of drug-likeness (QED) is 0.669. The molecular formula is C19H17F2N3O3. The van der Waals surface area contributed by atoms with E-state index in [9.17, 15) is 18.4 Å². The van der Waals surface area contributed by atoms with Crippen molar-refractivity contribution in [2.24, 2.45) is 0 Å². The van der Waals surface area contributed by atoms with Crippen molar-refractivity contribution >= 4 is 28.6 Å². The molecule has 0 aliphatic rings. The van der Waals surface area contributed by atoms with Gasteiger partial charge in [0.15, 0.2) is 5.82 Å². The van der Waals surface area contributed by atoms with E-state index in [0.717, 1.165) is 4.57 Å². The zero-order chi connectivity index (χ0) is 19.4. The number of para-hydroxylation sites is 2. The number of alkyl halides is 2. The number of hydrogen-bond donors (Lipinski definition) is 1. The summed E-state index contributed by atoms with van der Waals surface area (Å²) in [6.45, 7) is -1.73. The number of ether oxygens (including phenoxy) is 1. The number of carbonyl (C=O) groups excluding carboxylic acids is 2. The first-order valence-electron chi connectivity index (χ1n) is 8.20. The van der Waals surface area contributed by atoms with E-state index >= 15 is 0 Å². The summed E-state index contributed by atoms with van der Waals surface area (Å²) in [6, 6.07) is 13.2. The van der Waals surface area contributed by atoms with Gasteiger partial charge in [-0.3, -0.25) is 14.2 Å². The second kappa shape index (κ2) is 7.94. The molecule has 1 heterocycles. The number of anilines is 1. The summed E-state index contributed by atoms with van der Waals surface area (Å²) in [5.74, 6) is -0.764. The van der Waals surface area contributed by atoms with Gasteiger partial charge < -0.3 is 10.1 Å². The molecular weight excluding hydrogens is 356 g/mol. The van der Waals surface area contributed by atoms with Crippen molar-refractivity contribution in [1.29, 1.82) is 0 Å². The average Bonchev–Trinajstić information content (AvgIpc) is 3.00. The molecule has 3 aromatic rings. The summed E-state index contributed by atoms with van der Waals surface area (Å²) >= 11 is 0. The van der Waals surface area contributed by atoms with Gasteiger partial charge in [0.2, 0.25) is 5.91 Å². The number of rotatable bonds is 6. The Labute approximate surface area is 153 Å². The van der Waals surface area contributed by atoms with E-state index in [1.54, 1.807) is 42.5 Å². The predicted molar refractivity (Wildman–Crippen MR) is 95.2 cm³/mol. The van der Waals surface area contributed by atoms with Crippen LogP contribution in [0.2, 0.25) is 0 Å². The molecule has 0 saturated carbocycles. The van der Waals surface area contributed by atoms with E-state index in [4.69, 9.17) is 4.74 Å². The molecule has 8 heteroatoms. The number of fused-ring (bicyclic) bond motifs is 1. The zero-order valence-electron chi connectivity index (χ0n) is 14.5. The summed E-state index contributed by atoms with van der Waals surface area (Å²) in [7, 11) is 0. The standard InChI is InChI=1S/C19H17F2N3O3/c1-12(25)22-14-8-6-13(7-9-14)10-18(26)27-11-17-23-15-4-2-3-5-16(15)24(17)19(20)21/h2-9,19H,10-11H2,1H3,(H,22,25). The molecule has 6 nitrogen and oxygen atoms in total. The van der Waals surface area contributed by atoms with Crippen molar-refractivity contribution in [1.82, 2.24) is 9.55 Å². The number of halogens is 2. The maximum atomic E-state index is 13.3. The first-order chi connectivity index (χ1) is 12.9. The molecule has 27 heavy (non-hydrogen) atoms. The fourth-order valence-electron chi connectivity index (χ4n) is 2.69. The number of benzene rings is 2. The SMILES string of the molecule is CC(=O)Nc1ccc(CC(=O)OCc2nc3ccccc3n2C(F)F)cc1. The lowest BCUT2D eigenvalue weighted by Gasteiger charge is -2.09. The van der Waals surface area contributed by atoms with Crippen LogP contribution in [0.5, 0.6) is 0 Å². The largest absolute Gasteiger partial charge is 0.457 e. The van der Waals surface area contributed by atoms with Crippen LogP contribution in [-0.4, -0.2) is 21.4 Å². The molecule has 0 bridgehead atoms. The molecule has 2 aromatic carbocycles. The topological polar surface area (TPSA) is 73.2 Å². The number of nitrogens with one attached hydrogen (secondary N) is 1. The van der Waals surface area contributed by atoms with Crippen molar-refractivity contribution in [2.45, 2.75) is 26.5 Å². The summed E-state index contributed by atoms with van der Waals surface area (Å²) in [4.78, 5) is 27.1. The van der Waals surface area contributed by atoms with Crippen molar-refractivity contribution < 1.29 is 23.1 Å². The second-order valence-corrected chi connectivity index (χ2v) is 5.88. The van der Waals surface area contributed by atoms with Gasteiger partial charge in [0.25, 0.3) is 0 Å². The fraction of sp³-hybridized carbons (Fsp3) is 0.211. The molecule has 0 aliphatic carbocycles. The van der Waals surface area contributed by atoms with Gasteiger partial charge in [0.05, 0.1) is 17.5 Å². The molecule has 3 rings (SSSR count). The van der Waals surface area contributed by atoms with Crippen LogP contribution in [0.3, 0.4) is 0 Å². The van der Waals surface area contributed by atoms with Crippen LogP contribution in [0.15, 0.2) is 48.5 Å². The van der Waals surface area contributed by atoms with Crippen molar-refractivity contribution in [3.63, 3.8) is 0 Å². The first-order valence-corrected chi connectivity index (χ1v) is 8.20. The van der Waals surface area contributed by atoms with Gasteiger partial charge in [-0.2, -0.15) is 8.78 Å². The predicted octanol–water partition coefficient (Wildman–Crippen LogP) is 3.68. The number of carbonyl (C=O) groups is 2. The molecule has 0 saturated heterocycles. The maximum Gasteiger partial charge on any atom is 0.320 e. The highest BCUT2D eigenvalue weighted by atomic mass is 19.3. The Kier molecular flexibility index (Phi) is 5.44. The number of nitrogens with zero attached hydrogens (tertiary/aromatic N) is 2. The van der Waals surface area contributed by atoms with E-state index in [0.29, 0.717) is 16.8 Å². The summed E-state index contributed by atoms with van der Waals surface area (Å²) in [6.07, 6.45) is -0.0186. The van der Waals surface area contributed by atoms with Crippen LogP contribution >= 0.6 is 0 Å². The Morgan fingerprint density at radius 1 is 1.15 bits per heavy atom. The first kappa shape index (κ1) is 18.5. The van der Waals surface area contributed by atoms with Crippen LogP contribution in [0, 0.1) is 0 Å². The zero-order valence-corrected chi connectivity index (χ0v) is 14.5. The van der Waals surface area contributed by atoms with Crippen molar-refractivity contribution in [2.75, 3.05) is 5.32 Å². The summed E-state index contributed by atoms with van der Waals surface area (Å²) in [5, 5.41) is 2.62. The number of imidazole rings is 1. The van der Waals surface area contributed by atoms with E-state index < -0.39 is 12.5 Å². The number of hydrogen-bond acceptors (Lipinski definition) is 4. The van der Waals surface area contributed by atoms with Gasteiger partial charge in [-0.25, -0.2) is 4.98 Å². The van der Waals surface area contributed by atoms with Crippen LogP contribution in [0.4, 0.5) is 14.5 Å². The molecule has 0 spiro atoms. The Hall–Kier alpha value is -3.29. The molecule has 0 aliphatic heterocycles. The minimum atomic E-state index is -2.78. The van der Waals surface area contributed by atoms with Crippen molar-refractivity contribution in [3.05, 3.63) is 59.9 Å². The lowest BCUT2D eigenvalue weighted by molar-refractivity contribution is -0.144. The summed E-state index contributed by atoms with van der Waals surface area (Å²) in [5.41, 5.74) is 1.99. The Balaban J connectivity index is 1.65.